The van der Waals surface area contributed by atoms with Crippen LogP contribution in [0.15, 0.2) is 35.4 Å². The van der Waals surface area contributed by atoms with Gasteiger partial charge in [-0.3, -0.25) is 9.59 Å². The van der Waals surface area contributed by atoms with Gasteiger partial charge in [-0.05, 0) is 24.1 Å². The molecule has 0 spiro atoms. The molecule has 0 radical (unpaired) electrons. The van der Waals surface area contributed by atoms with Crippen molar-refractivity contribution in [2.45, 2.75) is 12.8 Å². The summed E-state index contributed by atoms with van der Waals surface area (Å²) in [5.74, 6) is -0.770. The van der Waals surface area contributed by atoms with Crippen LogP contribution in [-0.4, -0.2) is 24.8 Å². The molecule has 0 unspecified atom stereocenters. The summed E-state index contributed by atoms with van der Waals surface area (Å²) in [6.07, 6.45) is 3.57. The van der Waals surface area contributed by atoms with Gasteiger partial charge in [0.15, 0.2) is 11.5 Å². The van der Waals surface area contributed by atoms with E-state index >= 15 is 0 Å². The van der Waals surface area contributed by atoms with Gasteiger partial charge in [0.2, 0.25) is 11.5 Å². The van der Waals surface area contributed by atoms with Crippen LogP contribution in [0.5, 0.6) is 5.75 Å². The lowest BCUT2D eigenvalue weighted by atomic mass is 10.1. The number of Topliss-reactive ketones (excluding diaryl/α,β-unsaturated/α-hetero) is 1. The fraction of sp³-hybridized carbons (Fsp3) is 0.188. The largest absolute Gasteiger partial charge is 0.501 e. The Morgan fingerprint density at radius 3 is 2.71 bits per heavy atom. The first kappa shape index (κ1) is 16.5. The number of imidazole rings is 1. The molecule has 0 aliphatic rings. The third-order valence-corrected chi connectivity index (χ3v) is 4.46. The summed E-state index contributed by atoms with van der Waals surface area (Å²) in [6.45, 7) is 0. The van der Waals surface area contributed by atoms with Crippen LogP contribution in [-0.2, 0) is 13.5 Å². The van der Waals surface area contributed by atoms with E-state index in [4.69, 9.17) is 23.2 Å². The molecule has 3 rings (SSSR count). The first-order valence-electron chi connectivity index (χ1n) is 7.12. The molecule has 2 aromatic heterocycles. The molecule has 0 aliphatic carbocycles. The number of fused-ring (bicyclic) bond motifs is 1. The lowest BCUT2D eigenvalue weighted by Crippen LogP contribution is -2.19. The van der Waals surface area contributed by atoms with Crippen LogP contribution in [0, 0.1) is 0 Å². The molecule has 0 atom stereocenters. The Labute approximate surface area is 146 Å². The third-order valence-electron chi connectivity index (χ3n) is 3.72. The molecular weight excluding hydrogens is 353 g/mol. The van der Waals surface area contributed by atoms with E-state index in [1.165, 1.54) is 10.6 Å². The molecule has 3 aromatic rings. The van der Waals surface area contributed by atoms with Crippen LogP contribution in [0.2, 0.25) is 10.0 Å². The van der Waals surface area contributed by atoms with Gasteiger partial charge in [-0.1, -0.05) is 29.3 Å². The number of hydrogen-bond donors (Lipinski definition) is 1. The van der Waals surface area contributed by atoms with E-state index in [2.05, 4.69) is 4.98 Å². The van der Waals surface area contributed by atoms with Crippen LogP contribution < -0.4 is 5.56 Å². The van der Waals surface area contributed by atoms with Crippen LogP contribution >= 0.6 is 23.2 Å². The van der Waals surface area contributed by atoms with Crippen molar-refractivity contribution in [1.29, 1.82) is 0 Å². The average molecular weight is 366 g/mol. The summed E-state index contributed by atoms with van der Waals surface area (Å²) in [5.41, 5.74) is -0.0609. The van der Waals surface area contributed by atoms with Crippen molar-refractivity contribution in [3.05, 3.63) is 62.2 Å². The van der Waals surface area contributed by atoms with Crippen molar-refractivity contribution in [1.82, 2.24) is 14.0 Å². The zero-order chi connectivity index (χ0) is 17.4. The van der Waals surface area contributed by atoms with Gasteiger partial charge in [-0.25, -0.2) is 9.38 Å². The van der Waals surface area contributed by atoms with Crippen molar-refractivity contribution in [2.24, 2.45) is 7.05 Å². The minimum atomic E-state index is -0.668. The Bertz CT molecular complexity index is 1010. The van der Waals surface area contributed by atoms with Crippen molar-refractivity contribution >= 4 is 34.8 Å². The van der Waals surface area contributed by atoms with Gasteiger partial charge < -0.3 is 9.67 Å². The Morgan fingerprint density at radius 1 is 1.25 bits per heavy atom. The number of carbonyl (C=O) groups excluding carboxylic acids is 1. The molecule has 2 heterocycles. The summed E-state index contributed by atoms with van der Waals surface area (Å²) < 4.78 is 2.78. The summed E-state index contributed by atoms with van der Waals surface area (Å²) in [5, 5.41) is 10.8. The standard InChI is InChI=1S/C16H13Cl2N3O3/c1-20-6-7-21-15(24)14(23)13(19-16(20)21)12(22)5-3-9-2-4-10(17)11(18)8-9/h2,4,6-8,23H,3,5H2,1H3. The molecule has 0 fully saturated rings. The Kier molecular flexibility index (Phi) is 4.34. The Morgan fingerprint density at radius 2 is 2.00 bits per heavy atom. The van der Waals surface area contributed by atoms with Gasteiger partial charge in [-0.2, -0.15) is 0 Å². The maximum absolute atomic E-state index is 12.4. The van der Waals surface area contributed by atoms with E-state index in [1.54, 1.807) is 36.0 Å². The topological polar surface area (TPSA) is 76.6 Å². The summed E-state index contributed by atoms with van der Waals surface area (Å²) in [7, 11) is 1.70. The van der Waals surface area contributed by atoms with E-state index in [0.717, 1.165) is 5.56 Å². The molecule has 1 aromatic carbocycles. The van der Waals surface area contributed by atoms with Crippen molar-refractivity contribution in [3.8, 4) is 5.75 Å². The minimum absolute atomic E-state index is 0.0819. The number of aryl methyl sites for hydroxylation is 2. The highest BCUT2D eigenvalue weighted by molar-refractivity contribution is 6.42. The summed E-state index contributed by atoms with van der Waals surface area (Å²) in [4.78, 5) is 28.6. The molecule has 0 amide bonds. The molecular formula is C16H13Cl2N3O3. The second-order valence-corrected chi connectivity index (χ2v) is 6.18. The predicted molar refractivity (Wildman–Crippen MR) is 91.2 cm³/mol. The van der Waals surface area contributed by atoms with Gasteiger partial charge >= 0.3 is 5.56 Å². The fourth-order valence-corrected chi connectivity index (χ4v) is 2.72. The molecule has 8 heteroatoms. The fourth-order valence-electron chi connectivity index (χ4n) is 2.40. The van der Waals surface area contributed by atoms with E-state index in [9.17, 15) is 14.7 Å². The van der Waals surface area contributed by atoms with Crippen LogP contribution in [0.1, 0.15) is 22.5 Å². The number of carbonyl (C=O) groups is 1. The SMILES string of the molecule is Cn1ccn2c(=O)c(O)c(C(=O)CCc3ccc(Cl)c(Cl)c3)nc12. The number of rotatable bonds is 4. The zero-order valence-corrected chi connectivity index (χ0v) is 14.2. The summed E-state index contributed by atoms with van der Waals surface area (Å²) in [6, 6.07) is 5.10. The number of hydrogen-bond acceptors (Lipinski definition) is 4. The van der Waals surface area contributed by atoms with Crippen molar-refractivity contribution < 1.29 is 9.90 Å². The Balaban J connectivity index is 1.88. The minimum Gasteiger partial charge on any atom is -0.501 e. The van der Waals surface area contributed by atoms with Crippen LogP contribution in [0.4, 0.5) is 0 Å². The van der Waals surface area contributed by atoms with Crippen LogP contribution in [0.25, 0.3) is 5.78 Å². The van der Waals surface area contributed by atoms with Crippen molar-refractivity contribution in [2.75, 3.05) is 0 Å². The number of aromatic nitrogens is 3. The lowest BCUT2D eigenvalue weighted by Gasteiger charge is -2.06. The van der Waals surface area contributed by atoms with E-state index in [1.807, 2.05) is 0 Å². The normalized spacial score (nSPS) is 11.1. The van der Waals surface area contributed by atoms with Crippen molar-refractivity contribution in [3.63, 3.8) is 0 Å². The van der Waals surface area contributed by atoms with E-state index in [0.29, 0.717) is 16.5 Å². The predicted octanol–water partition coefficient (Wildman–Crippen LogP) is 2.86. The van der Waals surface area contributed by atoms with E-state index < -0.39 is 17.1 Å². The molecule has 24 heavy (non-hydrogen) atoms. The van der Waals surface area contributed by atoms with Gasteiger partial charge in [0.05, 0.1) is 10.0 Å². The molecule has 0 bridgehead atoms. The first-order chi connectivity index (χ1) is 11.4. The molecule has 1 N–H and O–H groups in total. The quantitative estimate of drug-likeness (QED) is 0.721. The van der Waals surface area contributed by atoms with Gasteiger partial charge in [-0.15, -0.1) is 0 Å². The summed E-state index contributed by atoms with van der Waals surface area (Å²) >= 11 is 11.8. The van der Waals surface area contributed by atoms with Gasteiger partial charge in [0.25, 0.3) is 0 Å². The molecule has 124 valence electrons. The molecule has 0 saturated heterocycles. The first-order valence-corrected chi connectivity index (χ1v) is 7.88. The Hall–Kier alpha value is -2.31. The van der Waals surface area contributed by atoms with Gasteiger partial charge in [0, 0.05) is 25.9 Å². The second-order valence-electron chi connectivity index (χ2n) is 5.36. The molecule has 0 saturated carbocycles. The van der Waals surface area contributed by atoms with Crippen LogP contribution in [0.3, 0.4) is 0 Å². The number of benzene rings is 1. The lowest BCUT2D eigenvalue weighted by molar-refractivity contribution is 0.0975. The molecule has 0 aliphatic heterocycles. The van der Waals surface area contributed by atoms with Gasteiger partial charge in [0.1, 0.15) is 0 Å². The van der Waals surface area contributed by atoms with E-state index in [-0.39, 0.29) is 17.9 Å². The monoisotopic (exact) mass is 365 g/mol. The maximum atomic E-state index is 12.4. The highest BCUT2D eigenvalue weighted by Crippen LogP contribution is 2.23. The zero-order valence-electron chi connectivity index (χ0n) is 12.7. The highest BCUT2D eigenvalue weighted by Gasteiger charge is 2.19. The number of aromatic hydroxyl groups is 1. The maximum Gasteiger partial charge on any atom is 0.302 e. The third kappa shape index (κ3) is 2.90. The highest BCUT2D eigenvalue weighted by atomic mass is 35.5. The smallest absolute Gasteiger partial charge is 0.302 e. The molecule has 6 nitrogen and oxygen atoms in total. The average Bonchev–Trinajstić information content (AvgIpc) is 2.93. The number of halogens is 2. The number of ketones is 1. The number of nitrogens with zero attached hydrogens (tertiary/aromatic N) is 3. The second kappa shape index (κ2) is 6.30.